The maximum atomic E-state index is 13.9. The molecule has 6 nitrogen and oxygen atoms in total. The number of aromatic carboxylic acids is 1. The van der Waals surface area contributed by atoms with Crippen LogP contribution in [0.4, 0.5) is 18.9 Å². The number of thiophene rings is 1. The first-order valence-electron chi connectivity index (χ1n) is 12.5. The summed E-state index contributed by atoms with van der Waals surface area (Å²) in [5.74, 6) is -3.40. The van der Waals surface area contributed by atoms with Crippen molar-refractivity contribution >= 4 is 36.3 Å². The third-order valence-corrected chi connectivity index (χ3v) is 9.44. The summed E-state index contributed by atoms with van der Waals surface area (Å²) in [7, 11) is -2.68. The van der Waals surface area contributed by atoms with Crippen molar-refractivity contribution in [1.82, 2.24) is 0 Å². The molecule has 2 aliphatic rings. The zero-order chi connectivity index (χ0) is 27.1. The van der Waals surface area contributed by atoms with E-state index in [2.05, 4.69) is 0 Å². The van der Waals surface area contributed by atoms with Crippen molar-refractivity contribution in [3.63, 3.8) is 0 Å². The molecule has 2 aliphatic carbocycles. The van der Waals surface area contributed by atoms with Gasteiger partial charge >= 0.3 is 12.1 Å². The van der Waals surface area contributed by atoms with Gasteiger partial charge in [0.25, 0.3) is 0 Å². The average Bonchev–Trinajstić information content (AvgIpc) is 3.19. The fourth-order valence-electron chi connectivity index (χ4n) is 5.21. The van der Waals surface area contributed by atoms with Crippen LogP contribution in [0, 0.1) is 11.8 Å². The normalized spacial score (nSPS) is 26.0. The number of carboxylic acids is 1. The molecule has 36 heavy (non-hydrogen) atoms. The Hall–Kier alpha value is -1.38. The lowest BCUT2D eigenvalue weighted by atomic mass is 9.80. The Balaban J connectivity index is 1.92. The molecule has 0 radical (unpaired) electrons. The van der Waals surface area contributed by atoms with Gasteiger partial charge in [-0.2, -0.15) is 13.2 Å². The van der Waals surface area contributed by atoms with Gasteiger partial charge in [-0.3, -0.25) is 9.36 Å². The fraction of sp³-hybridized carbons (Fsp3) is 0.760. The molecular weight excluding hydrogens is 514 g/mol. The first-order valence-corrected chi connectivity index (χ1v) is 15.8. The smallest absolute Gasteiger partial charge is 0.391 e. The van der Waals surface area contributed by atoms with E-state index >= 15 is 0 Å². The molecule has 11 heteroatoms. The summed E-state index contributed by atoms with van der Waals surface area (Å²) >= 11 is 1.14. The van der Waals surface area contributed by atoms with Gasteiger partial charge in [-0.1, -0.05) is 20.8 Å². The van der Waals surface area contributed by atoms with E-state index in [9.17, 15) is 32.4 Å². The highest BCUT2D eigenvalue weighted by molar-refractivity contribution is 7.57. The molecule has 0 bridgehead atoms. The summed E-state index contributed by atoms with van der Waals surface area (Å²) in [5, 5.41) is 9.97. The number of alkyl halides is 3. The number of amides is 1. The number of nitrogens with zero attached hydrogens (tertiary/aromatic N) is 1. The summed E-state index contributed by atoms with van der Waals surface area (Å²) in [4.78, 5) is 28.6. The number of carbonyl (C=O) groups excluding carboxylic acids is 1. The molecule has 1 aromatic rings. The molecule has 204 valence electrons. The van der Waals surface area contributed by atoms with Crippen molar-refractivity contribution < 1.29 is 37.0 Å². The maximum absolute atomic E-state index is 13.9. The van der Waals surface area contributed by atoms with Crippen molar-refractivity contribution in [1.29, 1.82) is 0 Å². The van der Waals surface area contributed by atoms with E-state index in [1.807, 2.05) is 20.8 Å². The van der Waals surface area contributed by atoms with E-state index in [1.54, 1.807) is 24.3 Å². The molecule has 0 atom stereocenters. The minimum Gasteiger partial charge on any atom is -0.477 e. The Bertz CT molecular complexity index is 996. The second-order valence-corrected chi connectivity index (χ2v) is 15.2. The minimum atomic E-state index is -4.27. The van der Waals surface area contributed by atoms with Crippen LogP contribution in [0.3, 0.4) is 0 Å². The van der Waals surface area contributed by atoms with E-state index in [1.165, 1.54) is 0 Å². The highest BCUT2D eigenvalue weighted by Gasteiger charge is 2.44. The Kier molecular flexibility index (Phi) is 8.73. The highest BCUT2D eigenvalue weighted by Crippen LogP contribution is 2.46. The predicted molar refractivity (Wildman–Crippen MR) is 136 cm³/mol. The van der Waals surface area contributed by atoms with Crippen LogP contribution in [0.15, 0.2) is 6.07 Å². The van der Waals surface area contributed by atoms with Gasteiger partial charge in [-0.25, -0.2) is 4.79 Å². The Labute approximate surface area is 215 Å². The van der Waals surface area contributed by atoms with Gasteiger partial charge in [0.05, 0.1) is 17.7 Å². The lowest BCUT2D eigenvalue weighted by Crippen LogP contribution is -2.47. The summed E-state index contributed by atoms with van der Waals surface area (Å²) in [6.45, 7) is 9.02. The van der Waals surface area contributed by atoms with Crippen LogP contribution in [0.25, 0.3) is 0 Å². The van der Waals surface area contributed by atoms with E-state index in [0.717, 1.165) is 16.2 Å². The summed E-state index contributed by atoms with van der Waals surface area (Å²) in [5.41, 5.74) is 0.00279. The zero-order valence-electron chi connectivity index (χ0n) is 21.6. The molecule has 1 N–H and O–H groups in total. The molecule has 0 saturated heterocycles. The molecule has 3 rings (SSSR count). The molecule has 2 fully saturated rings. The molecule has 0 aromatic carbocycles. The van der Waals surface area contributed by atoms with Crippen molar-refractivity contribution in [2.45, 2.75) is 95.9 Å². The van der Waals surface area contributed by atoms with Crippen molar-refractivity contribution in [2.24, 2.45) is 11.8 Å². The SMILES string of the molecule is CC(C)(C)c1cc(N(C(=O)[C@H]2CC[C@H](C(F)(F)F)CC2)[C@H]2CC[C@H](OP(C)(C)=O)CC2)c(C(=O)O)s1. The van der Waals surface area contributed by atoms with Gasteiger partial charge in [-0.05, 0) is 62.8 Å². The molecule has 0 unspecified atom stereocenters. The largest absolute Gasteiger partial charge is 0.477 e. The van der Waals surface area contributed by atoms with Gasteiger partial charge in [0.1, 0.15) is 4.88 Å². The van der Waals surface area contributed by atoms with Crippen LogP contribution >= 0.6 is 18.7 Å². The average molecular weight is 552 g/mol. The monoisotopic (exact) mass is 551 g/mol. The topological polar surface area (TPSA) is 83.9 Å². The van der Waals surface area contributed by atoms with Crippen LogP contribution in [-0.4, -0.2) is 48.6 Å². The van der Waals surface area contributed by atoms with Crippen molar-refractivity contribution in [3.05, 3.63) is 15.8 Å². The van der Waals surface area contributed by atoms with Crippen LogP contribution in [0.1, 0.15) is 86.7 Å². The van der Waals surface area contributed by atoms with Crippen molar-refractivity contribution in [2.75, 3.05) is 18.2 Å². The molecular formula is C25H37F3NO5PS. The number of halogens is 3. The number of anilines is 1. The molecule has 0 aliphatic heterocycles. The second kappa shape index (κ2) is 10.8. The standard InChI is InChI=1S/C25H37F3NO5PS/c1-24(2,3)20-14-19(21(36-20)23(31)32)29(17-10-12-18(13-11-17)34-35(4,5)33)22(30)15-6-8-16(9-7-15)25(26,27)28/h14-18H,6-13H2,1-5H3,(H,31,32)/t15-,16-,17-,18-. The van der Waals surface area contributed by atoms with Gasteiger partial charge in [-0.15, -0.1) is 11.3 Å². The molecule has 1 amide bonds. The maximum Gasteiger partial charge on any atom is 0.391 e. The lowest BCUT2D eigenvalue weighted by molar-refractivity contribution is -0.184. The van der Waals surface area contributed by atoms with Crippen LogP contribution in [0.2, 0.25) is 0 Å². The van der Waals surface area contributed by atoms with E-state index in [-0.39, 0.29) is 54.0 Å². The van der Waals surface area contributed by atoms with Crippen LogP contribution < -0.4 is 4.90 Å². The fourth-order valence-corrected chi connectivity index (χ4v) is 7.19. The van der Waals surface area contributed by atoms with E-state index in [0.29, 0.717) is 31.4 Å². The zero-order valence-corrected chi connectivity index (χ0v) is 23.3. The number of rotatable bonds is 6. The number of carbonyl (C=O) groups is 2. The van der Waals surface area contributed by atoms with Gasteiger partial charge in [0.15, 0.2) is 7.37 Å². The Morgan fingerprint density at radius 3 is 2.03 bits per heavy atom. The number of hydrogen-bond acceptors (Lipinski definition) is 5. The lowest BCUT2D eigenvalue weighted by Gasteiger charge is -2.40. The second-order valence-electron chi connectivity index (χ2n) is 11.5. The van der Waals surface area contributed by atoms with Gasteiger partial charge < -0.3 is 14.5 Å². The van der Waals surface area contributed by atoms with Gasteiger partial charge in [0, 0.05) is 30.2 Å². The third-order valence-electron chi connectivity index (χ3n) is 7.09. The quantitative estimate of drug-likeness (QED) is 0.375. The molecule has 2 saturated carbocycles. The van der Waals surface area contributed by atoms with Crippen LogP contribution in [-0.2, 0) is 19.3 Å². The summed E-state index contributed by atoms with van der Waals surface area (Å²) in [6, 6.07) is 1.47. The number of hydrogen-bond donors (Lipinski definition) is 1. The van der Waals surface area contributed by atoms with Gasteiger partial charge in [0.2, 0.25) is 5.91 Å². The highest BCUT2D eigenvalue weighted by atomic mass is 32.1. The molecule has 0 spiro atoms. The van der Waals surface area contributed by atoms with E-state index in [4.69, 9.17) is 4.52 Å². The molecule has 1 aromatic heterocycles. The predicted octanol–water partition coefficient (Wildman–Crippen LogP) is 7.31. The first-order chi connectivity index (χ1) is 16.5. The summed E-state index contributed by atoms with van der Waals surface area (Å²) in [6.07, 6.45) is -2.19. The Morgan fingerprint density at radius 2 is 1.58 bits per heavy atom. The van der Waals surface area contributed by atoms with Crippen LogP contribution in [0.5, 0.6) is 0 Å². The van der Waals surface area contributed by atoms with Crippen molar-refractivity contribution in [3.8, 4) is 0 Å². The molecule has 1 heterocycles. The number of carboxylic acid groups (broad SMARTS) is 1. The van der Waals surface area contributed by atoms with E-state index < -0.39 is 31.4 Å². The first kappa shape index (κ1) is 29.2. The minimum absolute atomic E-state index is 0.0715. The summed E-state index contributed by atoms with van der Waals surface area (Å²) < 4.78 is 57.4. The third kappa shape index (κ3) is 7.13. The Morgan fingerprint density at radius 1 is 1.03 bits per heavy atom.